The predicted octanol–water partition coefficient (Wildman–Crippen LogP) is 4.55. The molecular formula is C15H11F4N. The molecule has 1 aliphatic rings. The molecule has 0 aliphatic carbocycles. The lowest BCUT2D eigenvalue weighted by atomic mass is 10.0. The van der Waals surface area contributed by atoms with Gasteiger partial charge in [0.25, 0.3) is 0 Å². The van der Waals surface area contributed by atoms with Gasteiger partial charge in [0.05, 0.1) is 11.6 Å². The summed E-state index contributed by atoms with van der Waals surface area (Å²) in [6.07, 6.45) is -4.01. The zero-order chi connectivity index (χ0) is 14.3. The Balaban J connectivity index is 1.91. The highest BCUT2D eigenvalue weighted by molar-refractivity contribution is 5.59. The van der Waals surface area contributed by atoms with E-state index in [1.54, 1.807) is 18.2 Å². The van der Waals surface area contributed by atoms with Crippen molar-refractivity contribution in [2.45, 2.75) is 18.6 Å². The number of anilines is 1. The molecule has 0 bridgehead atoms. The van der Waals surface area contributed by atoms with Gasteiger partial charge in [-0.25, -0.2) is 4.39 Å². The van der Waals surface area contributed by atoms with Crippen molar-refractivity contribution in [2.24, 2.45) is 0 Å². The Labute approximate surface area is 113 Å². The van der Waals surface area contributed by atoms with E-state index >= 15 is 0 Å². The molecule has 1 nitrogen and oxygen atoms in total. The minimum Gasteiger partial charge on any atom is -0.378 e. The molecule has 1 unspecified atom stereocenters. The highest BCUT2D eigenvalue weighted by Gasteiger charge is 2.33. The molecule has 1 aliphatic heterocycles. The van der Waals surface area contributed by atoms with Gasteiger partial charge in [-0.1, -0.05) is 18.2 Å². The third-order valence-electron chi connectivity index (χ3n) is 3.47. The van der Waals surface area contributed by atoms with Gasteiger partial charge in [0.2, 0.25) is 0 Å². The van der Waals surface area contributed by atoms with Gasteiger partial charge < -0.3 is 5.32 Å². The first-order valence-corrected chi connectivity index (χ1v) is 6.16. The number of hydrogen-bond donors (Lipinski definition) is 1. The zero-order valence-electron chi connectivity index (χ0n) is 10.3. The van der Waals surface area contributed by atoms with Crippen molar-refractivity contribution in [2.75, 3.05) is 5.32 Å². The van der Waals surface area contributed by atoms with Crippen molar-refractivity contribution in [3.8, 4) is 0 Å². The van der Waals surface area contributed by atoms with E-state index in [2.05, 4.69) is 5.32 Å². The second-order valence-electron chi connectivity index (χ2n) is 4.79. The number of fused-ring (bicyclic) bond motifs is 1. The summed E-state index contributed by atoms with van der Waals surface area (Å²) in [5.74, 6) is -0.353. The Hall–Kier alpha value is -2.04. The van der Waals surface area contributed by atoms with Crippen LogP contribution in [-0.4, -0.2) is 0 Å². The third kappa shape index (κ3) is 2.24. The first-order valence-electron chi connectivity index (χ1n) is 6.16. The van der Waals surface area contributed by atoms with Crippen LogP contribution in [0, 0.1) is 5.82 Å². The topological polar surface area (TPSA) is 12.0 Å². The Morgan fingerprint density at radius 1 is 1.05 bits per heavy atom. The highest BCUT2D eigenvalue weighted by atomic mass is 19.4. The standard InChI is InChI=1S/C15H11F4N/c16-12-4-2-1-3-11(12)14-8-9-7-10(15(17,18)19)5-6-13(9)20-14/h1-7,14,20H,8H2. The maximum Gasteiger partial charge on any atom is 0.416 e. The quantitative estimate of drug-likeness (QED) is 0.756. The second-order valence-corrected chi connectivity index (χ2v) is 4.79. The largest absolute Gasteiger partial charge is 0.416 e. The van der Waals surface area contributed by atoms with Crippen molar-refractivity contribution in [3.63, 3.8) is 0 Å². The Kier molecular flexibility index (Phi) is 2.92. The van der Waals surface area contributed by atoms with E-state index in [4.69, 9.17) is 0 Å². The molecule has 3 rings (SSSR count). The van der Waals surface area contributed by atoms with Crippen LogP contribution < -0.4 is 5.32 Å². The Bertz CT molecular complexity index is 649. The van der Waals surface area contributed by atoms with E-state index in [9.17, 15) is 17.6 Å². The molecule has 2 aromatic carbocycles. The molecule has 20 heavy (non-hydrogen) atoms. The molecule has 0 aromatic heterocycles. The van der Waals surface area contributed by atoms with Crippen LogP contribution >= 0.6 is 0 Å². The van der Waals surface area contributed by atoms with Crippen LogP contribution in [0.1, 0.15) is 22.7 Å². The van der Waals surface area contributed by atoms with E-state index in [0.717, 1.165) is 12.1 Å². The van der Waals surface area contributed by atoms with Crippen molar-refractivity contribution < 1.29 is 17.6 Å². The summed E-state index contributed by atoms with van der Waals surface area (Å²) in [7, 11) is 0. The van der Waals surface area contributed by atoms with Crippen molar-refractivity contribution in [1.82, 2.24) is 0 Å². The molecule has 0 spiro atoms. The van der Waals surface area contributed by atoms with Crippen LogP contribution in [0.15, 0.2) is 42.5 Å². The van der Waals surface area contributed by atoms with Crippen molar-refractivity contribution >= 4 is 5.69 Å². The lowest BCUT2D eigenvalue weighted by Gasteiger charge is -2.12. The minimum absolute atomic E-state index is 0.324. The van der Waals surface area contributed by atoms with E-state index in [1.807, 2.05) is 0 Å². The van der Waals surface area contributed by atoms with Gasteiger partial charge in [-0.2, -0.15) is 13.2 Å². The normalized spacial score (nSPS) is 17.7. The SMILES string of the molecule is Fc1ccccc1C1Cc2cc(C(F)(F)F)ccc2N1. The molecule has 0 radical (unpaired) electrons. The van der Waals surface area contributed by atoms with Crippen molar-refractivity contribution in [1.29, 1.82) is 0 Å². The van der Waals surface area contributed by atoms with Crippen LogP contribution in [0.3, 0.4) is 0 Å². The summed E-state index contributed by atoms with van der Waals surface area (Å²) in [5.41, 5.74) is 0.990. The fourth-order valence-corrected chi connectivity index (χ4v) is 2.48. The molecule has 0 fully saturated rings. The minimum atomic E-state index is -4.36. The fourth-order valence-electron chi connectivity index (χ4n) is 2.48. The monoisotopic (exact) mass is 281 g/mol. The summed E-state index contributed by atoms with van der Waals surface area (Å²) in [4.78, 5) is 0. The number of hydrogen-bond acceptors (Lipinski definition) is 1. The van der Waals surface area contributed by atoms with Gasteiger partial charge in [-0.3, -0.25) is 0 Å². The lowest BCUT2D eigenvalue weighted by Crippen LogP contribution is -2.07. The molecule has 1 N–H and O–H groups in total. The van der Waals surface area contributed by atoms with Gasteiger partial charge in [-0.15, -0.1) is 0 Å². The third-order valence-corrected chi connectivity index (χ3v) is 3.47. The lowest BCUT2D eigenvalue weighted by molar-refractivity contribution is -0.137. The summed E-state index contributed by atoms with van der Waals surface area (Å²) in [6.45, 7) is 0. The fraction of sp³-hybridized carbons (Fsp3) is 0.200. The molecule has 104 valence electrons. The van der Waals surface area contributed by atoms with E-state index < -0.39 is 11.7 Å². The Morgan fingerprint density at radius 3 is 2.50 bits per heavy atom. The van der Waals surface area contributed by atoms with Gasteiger partial charge >= 0.3 is 6.18 Å². The Morgan fingerprint density at radius 2 is 1.80 bits per heavy atom. The molecule has 5 heteroatoms. The zero-order valence-corrected chi connectivity index (χ0v) is 10.3. The van der Waals surface area contributed by atoms with E-state index in [-0.39, 0.29) is 11.9 Å². The van der Waals surface area contributed by atoms with E-state index in [1.165, 1.54) is 12.1 Å². The second kappa shape index (κ2) is 4.51. The molecule has 0 saturated heterocycles. The summed E-state index contributed by atoms with van der Waals surface area (Å²) >= 11 is 0. The van der Waals surface area contributed by atoms with Crippen LogP contribution in [0.2, 0.25) is 0 Å². The number of benzene rings is 2. The van der Waals surface area contributed by atoms with Gasteiger partial charge in [0.1, 0.15) is 5.82 Å². The number of alkyl halides is 3. The average molecular weight is 281 g/mol. The van der Waals surface area contributed by atoms with Gasteiger partial charge in [-0.05, 0) is 36.2 Å². The van der Waals surface area contributed by atoms with Crippen LogP contribution in [-0.2, 0) is 12.6 Å². The molecule has 1 heterocycles. The maximum atomic E-state index is 13.7. The average Bonchev–Trinajstić information content (AvgIpc) is 2.80. The molecular weight excluding hydrogens is 270 g/mol. The molecule has 0 saturated carbocycles. The summed E-state index contributed by atoms with van der Waals surface area (Å²) in [6, 6.07) is 9.53. The van der Waals surface area contributed by atoms with Crippen LogP contribution in [0.5, 0.6) is 0 Å². The molecule has 0 amide bonds. The molecule has 1 atom stereocenters. The van der Waals surface area contributed by atoms with Gasteiger partial charge in [0, 0.05) is 11.3 Å². The maximum absolute atomic E-state index is 13.7. The smallest absolute Gasteiger partial charge is 0.378 e. The summed E-state index contributed by atoms with van der Waals surface area (Å²) in [5, 5.41) is 3.06. The number of nitrogens with one attached hydrogen (secondary N) is 1. The highest BCUT2D eigenvalue weighted by Crippen LogP contribution is 2.38. The summed E-state index contributed by atoms with van der Waals surface area (Å²) < 4.78 is 51.7. The predicted molar refractivity (Wildman–Crippen MR) is 67.9 cm³/mol. The van der Waals surface area contributed by atoms with Gasteiger partial charge in [0.15, 0.2) is 0 Å². The van der Waals surface area contributed by atoms with Crippen LogP contribution in [0.25, 0.3) is 0 Å². The number of halogens is 4. The first kappa shape index (κ1) is 13.0. The van der Waals surface area contributed by atoms with Crippen LogP contribution in [0.4, 0.5) is 23.2 Å². The first-order chi connectivity index (χ1) is 9.45. The van der Waals surface area contributed by atoms with E-state index in [0.29, 0.717) is 23.2 Å². The molecule has 2 aromatic rings. The number of rotatable bonds is 1. The van der Waals surface area contributed by atoms with Crippen molar-refractivity contribution in [3.05, 3.63) is 65.0 Å².